The Hall–Kier alpha value is -4.66. The van der Waals surface area contributed by atoms with Gasteiger partial charge in [0, 0.05) is 42.2 Å². The highest BCUT2D eigenvalue weighted by molar-refractivity contribution is 5.98. The number of ether oxygens (including phenoxy) is 1. The van der Waals surface area contributed by atoms with Gasteiger partial charge >= 0.3 is 12.0 Å². The molecule has 10 N–H and O–H groups in total. The second kappa shape index (κ2) is 15.5. The van der Waals surface area contributed by atoms with Gasteiger partial charge in [-0.3, -0.25) is 24.0 Å². The first kappa shape index (κ1) is 32.8. The SMILES string of the molecule is COC(=O)CC[C@H](N)C(=O)N1CCCC[C@H]1C(=O)N[C@H](C(=O)N[C@@H](CCCNC(N)=O)C(N)=O)c1c[nH]c2ccccc12. The first-order valence-electron chi connectivity index (χ1n) is 14.2. The number of methoxy groups -OCH3 is 1. The number of nitrogens with two attached hydrogens (primary N) is 3. The Morgan fingerprint density at radius 1 is 1.07 bits per heavy atom. The van der Waals surface area contributed by atoms with Crippen molar-refractivity contribution >= 4 is 46.5 Å². The fourth-order valence-corrected chi connectivity index (χ4v) is 5.09. The van der Waals surface area contributed by atoms with Crippen LogP contribution in [-0.4, -0.2) is 83.8 Å². The van der Waals surface area contributed by atoms with Crippen molar-refractivity contribution in [3.8, 4) is 0 Å². The summed E-state index contributed by atoms with van der Waals surface area (Å²) in [7, 11) is 1.24. The van der Waals surface area contributed by atoms with E-state index in [1.807, 2.05) is 12.1 Å². The van der Waals surface area contributed by atoms with Gasteiger partial charge < -0.3 is 47.8 Å². The van der Waals surface area contributed by atoms with E-state index in [-0.39, 0.29) is 32.4 Å². The van der Waals surface area contributed by atoms with Crippen LogP contribution in [0.25, 0.3) is 10.9 Å². The summed E-state index contributed by atoms with van der Waals surface area (Å²) < 4.78 is 4.62. The highest BCUT2D eigenvalue weighted by Crippen LogP contribution is 2.26. The van der Waals surface area contributed by atoms with Crippen LogP contribution in [0.2, 0.25) is 0 Å². The summed E-state index contributed by atoms with van der Waals surface area (Å²) in [4.78, 5) is 79.8. The Morgan fingerprint density at radius 3 is 2.51 bits per heavy atom. The Bertz CT molecular complexity index is 1330. The van der Waals surface area contributed by atoms with Gasteiger partial charge in [0.25, 0.3) is 0 Å². The maximum atomic E-state index is 13.7. The highest BCUT2D eigenvalue weighted by atomic mass is 16.5. The van der Waals surface area contributed by atoms with Crippen molar-refractivity contribution in [2.75, 3.05) is 20.2 Å². The second-order valence-corrected chi connectivity index (χ2v) is 10.4. The van der Waals surface area contributed by atoms with Crippen molar-refractivity contribution in [2.45, 2.75) is 69.1 Å². The lowest BCUT2D eigenvalue weighted by Gasteiger charge is -2.37. The molecule has 0 saturated carbocycles. The van der Waals surface area contributed by atoms with Crippen molar-refractivity contribution in [1.29, 1.82) is 0 Å². The van der Waals surface area contributed by atoms with Gasteiger partial charge in [-0.1, -0.05) is 18.2 Å². The molecule has 6 amide bonds. The zero-order chi connectivity index (χ0) is 31.5. The van der Waals surface area contributed by atoms with Crippen LogP contribution in [0.4, 0.5) is 4.79 Å². The Kier molecular flexibility index (Phi) is 11.9. The number of nitrogens with one attached hydrogen (secondary N) is 4. The van der Waals surface area contributed by atoms with Gasteiger partial charge in [0.15, 0.2) is 0 Å². The highest BCUT2D eigenvalue weighted by Gasteiger charge is 2.37. The van der Waals surface area contributed by atoms with Crippen molar-refractivity contribution in [3.05, 3.63) is 36.0 Å². The van der Waals surface area contributed by atoms with Gasteiger partial charge in [-0.15, -0.1) is 0 Å². The van der Waals surface area contributed by atoms with Gasteiger partial charge in [-0.2, -0.15) is 0 Å². The molecule has 0 unspecified atom stereocenters. The lowest BCUT2D eigenvalue weighted by molar-refractivity contribution is -0.145. The molecule has 0 aliphatic carbocycles. The number of hydrogen-bond donors (Lipinski definition) is 7. The Morgan fingerprint density at radius 2 is 1.81 bits per heavy atom. The molecule has 4 atom stereocenters. The molecule has 0 spiro atoms. The quantitative estimate of drug-likeness (QED) is 0.109. The normalized spacial score (nSPS) is 16.9. The number of carbonyl (C=O) groups is 6. The number of likely N-dealkylation sites (tertiary alicyclic amines) is 1. The van der Waals surface area contributed by atoms with Crippen LogP contribution in [0.5, 0.6) is 0 Å². The average molecular weight is 601 g/mol. The second-order valence-electron chi connectivity index (χ2n) is 10.4. The molecule has 2 aromatic rings. The Labute approximate surface area is 248 Å². The van der Waals surface area contributed by atoms with Crippen molar-refractivity contribution in [2.24, 2.45) is 17.2 Å². The fourth-order valence-electron chi connectivity index (χ4n) is 5.09. The summed E-state index contributed by atoms with van der Waals surface area (Å²) in [5, 5.41) is 8.48. The minimum Gasteiger partial charge on any atom is -0.469 e. The maximum absolute atomic E-state index is 13.7. The third-order valence-corrected chi connectivity index (χ3v) is 7.40. The molecule has 1 aliphatic heterocycles. The zero-order valence-corrected chi connectivity index (χ0v) is 24.1. The van der Waals surface area contributed by atoms with E-state index in [2.05, 4.69) is 25.7 Å². The lowest BCUT2D eigenvalue weighted by Crippen LogP contribution is -2.57. The first-order chi connectivity index (χ1) is 20.5. The standard InChI is InChI=1S/C28H40N8O7/c1-43-22(37)12-11-18(29)27(41)36-14-5-4-10-21(36)25(39)35-23(17-15-33-19-8-3-2-7-16(17)19)26(40)34-20(24(30)38)9-6-13-32-28(31)42/h2-3,7-8,15,18,20-21,23,33H,4-6,9-14,29H2,1H3,(H2,30,38)(H,34,40)(H,35,39)(H3,31,32,42)/t18-,20-,21-,23-/m0/s1. The van der Waals surface area contributed by atoms with Crippen LogP contribution in [0, 0.1) is 0 Å². The van der Waals surface area contributed by atoms with E-state index in [1.54, 1.807) is 18.3 Å². The van der Waals surface area contributed by atoms with Crippen LogP contribution in [0.3, 0.4) is 0 Å². The smallest absolute Gasteiger partial charge is 0.312 e. The van der Waals surface area contributed by atoms with E-state index >= 15 is 0 Å². The van der Waals surface area contributed by atoms with E-state index in [4.69, 9.17) is 17.2 Å². The number of aromatic amines is 1. The number of H-pyrrole nitrogens is 1. The predicted octanol–water partition coefficient (Wildman–Crippen LogP) is -0.595. The summed E-state index contributed by atoms with van der Waals surface area (Å²) in [5.74, 6) is -3.02. The van der Waals surface area contributed by atoms with Gasteiger partial charge in [0.1, 0.15) is 18.1 Å². The molecule has 1 fully saturated rings. The molecule has 0 radical (unpaired) electrons. The minimum atomic E-state index is -1.25. The number of benzene rings is 1. The molecule has 0 bridgehead atoms. The summed E-state index contributed by atoms with van der Waals surface area (Å²) in [6.45, 7) is 0.459. The minimum absolute atomic E-state index is 0.0451. The van der Waals surface area contributed by atoms with E-state index < -0.39 is 59.8 Å². The number of esters is 1. The summed E-state index contributed by atoms with van der Waals surface area (Å²) in [6, 6.07) is 2.21. The maximum Gasteiger partial charge on any atom is 0.312 e. The van der Waals surface area contributed by atoms with Crippen LogP contribution < -0.4 is 33.2 Å². The summed E-state index contributed by atoms with van der Waals surface area (Å²) >= 11 is 0. The van der Waals surface area contributed by atoms with Gasteiger partial charge in [-0.25, -0.2) is 4.79 Å². The molecule has 43 heavy (non-hydrogen) atoms. The van der Waals surface area contributed by atoms with Crippen LogP contribution >= 0.6 is 0 Å². The number of hydrogen-bond acceptors (Lipinski definition) is 8. The number of carbonyl (C=O) groups excluding carboxylic acids is 6. The first-order valence-corrected chi connectivity index (χ1v) is 14.2. The van der Waals surface area contributed by atoms with Crippen molar-refractivity contribution < 1.29 is 33.5 Å². The van der Waals surface area contributed by atoms with E-state index in [1.165, 1.54) is 12.0 Å². The number of urea groups is 1. The summed E-state index contributed by atoms with van der Waals surface area (Å²) in [5.41, 5.74) is 17.9. The van der Waals surface area contributed by atoms with E-state index in [0.29, 0.717) is 36.6 Å². The number of nitrogens with zero attached hydrogens (tertiary/aromatic N) is 1. The number of para-hydroxylation sites is 1. The number of amides is 6. The third kappa shape index (κ3) is 8.91. The molecule has 15 nitrogen and oxygen atoms in total. The summed E-state index contributed by atoms with van der Waals surface area (Å²) in [6.07, 6.45) is 3.71. The molecule has 1 aromatic carbocycles. The molecule has 1 saturated heterocycles. The lowest BCUT2D eigenvalue weighted by atomic mass is 9.98. The topological polar surface area (TPSA) is 245 Å². The van der Waals surface area contributed by atoms with Gasteiger partial charge in [0.2, 0.25) is 23.6 Å². The molecule has 1 aliphatic rings. The molecule has 15 heteroatoms. The van der Waals surface area contributed by atoms with Gasteiger partial charge in [0.05, 0.1) is 13.2 Å². The molecule has 1 aromatic heterocycles. The monoisotopic (exact) mass is 600 g/mol. The van der Waals surface area contributed by atoms with Crippen LogP contribution in [0.1, 0.15) is 56.6 Å². The van der Waals surface area contributed by atoms with Gasteiger partial charge in [-0.05, 0) is 44.6 Å². The molecule has 234 valence electrons. The van der Waals surface area contributed by atoms with Crippen molar-refractivity contribution in [3.63, 3.8) is 0 Å². The van der Waals surface area contributed by atoms with Crippen molar-refractivity contribution in [1.82, 2.24) is 25.8 Å². The number of aromatic nitrogens is 1. The fraction of sp³-hybridized carbons (Fsp3) is 0.500. The number of primary amides is 2. The van der Waals surface area contributed by atoms with Crippen LogP contribution in [0.15, 0.2) is 30.5 Å². The third-order valence-electron chi connectivity index (χ3n) is 7.40. The number of piperidine rings is 1. The molecular weight excluding hydrogens is 560 g/mol. The van der Waals surface area contributed by atoms with E-state index in [9.17, 15) is 28.8 Å². The number of fused-ring (bicyclic) bond motifs is 1. The molecule has 3 rings (SSSR count). The number of rotatable bonds is 14. The van der Waals surface area contributed by atoms with Crippen LogP contribution in [-0.2, 0) is 28.7 Å². The average Bonchev–Trinajstić information content (AvgIpc) is 3.42. The largest absolute Gasteiger partial charge is 0.469 e. The Balaban J connectivity index is 1.83. The predicted molar refractivity (Wildman–Crippen MR) is 156 cm³/mol. The molecule has 2 heterocycles. The van der Waals surface area contributed by atoms with E-state index in [0.717, 1.165) is 5.52 Å². The zero-order valence-electron chi connectivity index (χ0n) is 24.1. The molecular formula is C28H40N8O7.